The van der Waals surface area contributed by atoms with Gasteiger partial charge in [-0.2, -0.15) is 0 Å². The minimum atomic E-state index is 0.663. The summed E-state index contributed by atoms with van der Waals surface area (Å²) in [4.78, 5) is 2.41. The lowest BCUT2D eigenvalue weighted by molar-refractivity contribution is 0.399. The maximum Gasteiger partial charge on any atom is 0.0601 e. The van der Waals surface area contributed by atoms with E-state index in [1.54, 1.807) is 0 Å². The molecule has 4 nitrogen and oxygen atoms in total. The summed E-state index contributed by atoms with van der Waals surface area (Å²) in [6, 6.07) is 9.16. The Morgan fingerprint density at radius 2 is 1.83 bits per heavy atom. The van der Waals surface area contributed by atoms with E-state index in [-0.39, 0.29) is 0 Å². The second-order valence-corrected chi connectivity index (χ2v) is 4.36. The Labute approximate surface area is 110 Å². The summed E-state index contributed by atoms with van der Waals surface area (Å²) in [5, 5.41) is 13.7. The number of aliphatic hydroxyl groups is 1. The van der Waals surface area contributed by atoms with E-state index in [9.17, 15) is 0 Å². The van der Waals surface area contributed by atoms with Crippen molar-refractivity contribution in [1.29, 1.82) is 0 Å². The minimum absolute atomic E-state index is 0.663. The summed E-state index contributed by atoms with van der Waals surface area (Å²) >= 11 is 0. The van der Waals surface area contributed by atoms with Crippen LogP contribution in [0.15, 0.2) is 24.3 Å². The van der Waals surface area contributed by atoms with Crippen molar-refractivity contribution in [2.75, 3.05) is 44.5 Å². The molecule has 0 aromatic heterocycles. The number of piperidine rings is 1. The average Bonchev–Trinajstić information content (AvgIpc) is 2.49. The van der Waals surface area contributed by atoms with Crippen molar-refractivity contribution < 1.29 is 5.11 Å². The standard InChI is InChI=1S/C13H21N3.CH4O/c1-14-12-5-3-4-6-13(12)16(2)11-7-9-15-10-8-11;1-2/h3-6,11,14-15H,7-10H2,1-2H3;2H,1H3. The van der Waals surface area contributed by atoms with Crippen LogP contribution in [-0.2, 0) is 0 Å². The SMILES string of the molecule is CNc1ccccc1N(C)C1CCNCC1.CO. The molecular weight excluding hydrogens is 226 g/mol. The van der Waals surface area contributed by atoms with Crippen LogP contribution in [0.2, 0.25) is 0 Å². The summed E-state index contributed by atoms with van der Waals surface area (Å²) < 4.78 is 0. The number of aliphatic hydroxyl groups excluding tert-OH is 1. The number of nitrogens with one attached hydrogen (secondary N) is 2. The zero-order chi connectivity index (χ0) is 13.4. The van der Waals surface area contributed by atoms with Crippen molar-refractivity contribution >= 4 is 11.4 Å². The quantitative estimate of drug-likeness (QED) is 0.762. The van der Waals surface area contributed by atoms with Crippen LogP contribution in [0.25, 0.3) is 0 Å². The number of rotatable bonds is 3. The van der Waals surface area contributed by atoms with Crippen LogP contribution in [0.5, 0.6) is 0 Å². The Bertz CT molecular complexity index is 338. The molecule has 1 aliphatic rings. The fraction of sp³-hybridized carbons (Fsp3) is 0.571. The molecule has 4 heteroatoms. The highest BCUT2D eigenvalue weighted by Gasteiger charge is 2.19. The number of hydrogen-bond donors (Lipinski definition) is 3. The molecule has 3 N–H and O–H groups in total. The van der Waals surface area contributed by atoms with E-state index >= 15 is 0 Å². The van der Waals surface area contributed by atoms with Crippen LogP contribution >= 0.6 is 0 Å². The first-order valence-electron chi connectivity index (χ1n) is 6.48. The van der Waals surface area contributed by atoms with Gasteiger partial charge in [0.15, 0.2) is 0 Å². The molecule has 1 aromatic rings. The fourth-order valence-corrected chi connectivity index (χ4v) is 2.38. The predicted molar refractivity (Wildman–Crippen MR) is 78.4 cm³/mol. The second kappa shape index (κ2) is 7.95. The lowest BCUT2D eigenvalue weighted by Crippen LogP contribution is -2.41. The van der Waals surface area contributed by atoms with E-state index in [4.69, 9.17) is 5.11 Å². The third-order valence-electron chi connectivity index (χ3n) is 3.41. The summed E-state index contributed by atoms with van der Waals surface area (Å²) in [5.74, 6) is 0. The zero-order valence-electron chi connectivity index (χ0n) is 11.6. The number of hydrogen-bond acceptors (Lipinski definition) is 4. The van der Waals surface area contributed by atoms with E-state index in [0.717, 1.165) is 20.2 Å². The van der Waals surface area contributed by atoms with Crippen molar-refractivity contribution in [2.24, 2.45) is 0 Å². The van der Waals surface area contributed by atoms with Gasteiger partial charge in [-0.15, -0.1) is 0 Å². The largest absolute Gasteiger partial charge is 0.400 e. The van der Waals surface area contributed by atoms with Gasteiger partial charge in [0.05, 0.1) is 11.4 Å². The fourth-order valence-electron chi connectivity index (χ4n) is 2.38. The van der Waals surface area contributed by atoms with Gasteiger partial charge in [0, 0.05) is 27.2 Å². The maximum absolute atomic E-state index is 7.00. The van der Waals surface area contributed by atoms with E-state index in [1.165, 1.54) is 24.2 Å². The van der Waals surface area contributed by atoms with Gasteiger partial charge in [-0.25, -0.2) is 0 Å². The molecule has 0 bridgehead atoms. The highest BCUT2D eigenvalue weighted by atomic mass is 16.2. The van der Waals surface area contributed by atoms with Crippen LogP contribution in [0.4, 0.5) is 11.4 Å². The molecule has 0 radical (unpaired) electrons. The molecule has 1 fully saturated rings. The Hall–Kier alpha value is -1.26. The van der Waals surface area contributed by atoms with Crippen LogP contribution < -0.4 is 15.5 Å². The van der Waals surface area contributed by atoms with Gasteiger partial charge in [-0.3, -0.25) is 0 Å². The van der Waals surface area contributed by atoms with Gasteiger partial charge in [-0.05, 0) is 38.1 Å². The number of benzene rings is 1. The lowest BCUT2D eigenvalue weighted by Gasteiger charge is -2.34. The molecule has 0 atom stereocenters. The molecule has 0 unspecified atom stereocenters. The van der Waals surface area contributed by atoms with Crippen molar-refractivity contribution in [2.45, 2.75) is 18.9 Å². The Morgan fingerprint density at radius 1 is 1.22 bits per heavy atom. The van der Waals surface area contributed by atoms with Gasteiger partial charge in [-0.1, -0.05) is 12.1 Å². The smallest absolute Gasteiger partial charge is 0.0601 e. The summed E-state index contributed by atoms with van der Waals surface area (Å²) in [5.41, 5.74) is 2.51. The van der Waals surface area contributed by atoms with E-state index in [1.807, 2.05) is 7.05 Å². The third-order valence-corrected chi connectivity index (χ3v) is 3.41. The molecule has 102 valence electrons. The van der Waals surface area contributed by atoms with Crippen LogP contribution in [0.1, 0.15) is 12.8 Å². The molecule has 0 saturated carbocycles. The predicted octanol–water partition coefficient (Wildman–Crippen LogP) is 1.52. The summed E-state index contributed by atoms with van der Waals surface area (Å²) in [7, 11) is 5.18. The highest BCUT2D eigenvalue weighted by molar-refractivity contribution is 5.69. The Morgan fingerprint density at radius 3 is 2.44 bits per heavy atom. The van der Waals surface area contributed by atoms with Crippen LogP contribution in [-0.4, -0.2) is 45.4 Å². The van der Waals surface area contributed by atoms with Gasteiger partial charge >= 0.3 is 0 Å². The van der Waals surface area contributed by atoms with E-state index in [2.05, 4.69) is 46.8 Å². The molecule has 0 spiro atoms. The van der Waals surface area contributed by atoms with Crippen LogP contribution in [0, 0.1) is 0 Å². The van der Waals surface area contributed by atoms with E-state index < -0.39 is 0 Å². The van der Waals surface area contributed by atoms with Crippen LogP contribution in [0.3, 0.4) is 0 Å². The first kappa shape index (κ1) is 14.8. The molecule has 18 heavy (non-hydrogen) atoms. The Kier molecular flexibility index (Phi) is 6.54. The normalized spacial score (nSPS) is 15.6. The van der Waals surface area contributed by atoms with Crippen molar-refractivity contribution in [3.63, 3.8) is 0 Å². The Balaban J connectivity index is 0.000000771. The zero-order valence-corrected chi connectivity index (χ0v) is 11.6. The first-order valence-corrected chi connectivity index (χ1v) is 6.48. The average molecular weight is 251 g/mol. The number of para-hydroxylation sites is 2. The van der Waals surface area contributed by atoms with Crippen molar-refractivity contribution in [1.82, 2.24) is 5.32 Å². The number of anilines is 2. The molecule has 1 heterocycles. The highest BCUT2D eigenvalue weighted by Crippen LogP contribution is 2.27. The second-order valence-electron chi connectivity index (χ2n) is 4.36. The molecule has 1 saturated heterocycles. The topological polar surface area (TPSA) is 47.5 Å². The summed E-state index contributed by atoms with van der Waals surface area (Å²) in [6.07, 6.45) is 2.46. The molecule has 2 rings (SSSR count). The van der Waals surface area contributed by atoms with Gasteiger partial charge < -0.3 is 20.6 Å². The molecule has 0 aliphatic carbocycles. The van der Waals surface area contributed by atoms with Crippen molar-refractivity contribution in [3.8, 4) is 0 Å². The molecule has 1 aliphatic heterocycles. The monoisotopic (exact) mass is 251 g/mol. The maximum atomic E-state index is 7.00. The molecular formula is C14H25N3O. The molecule has 1 aromatic carbocycles. The van der Waals surface area contributed by atoms with Gasteiger partial charge in [0.1, 0.15) is 0 Å². The summed E-state index contributed by atoms with van der Waals surface area (Å²) in [6.45, 7) is 2.27. The number of nitrogens with zero attached hydrogens (tertiary/aromatic N) is 1. The first-order chi connectivity index (χ1) is 8.83. The van der Waals surface area contributed by atoms with Gasteiger partial charge in [0.25, 0.3) is 0 Å². The van der Waals surface area contributed by atoms with Gasteiger partial charge in [0.2, 0.25) is 0 Å². The third kappa shape index (κ3) is 3.62. The van der Waals surface area contributed by atoms with E-state index in [0.29, 0.717) is 6.04 Å². The van der Waals surface area contributed by atoms with Crippen molar-refractivity contribution in [3.05, 3.63) is 24.3 Å². The minimum Gasteiger partial charge on any atom is -0.400 e. The molecule has 0 amide bonds. The lowest BCUT2D eigenvalue weighted by atomic mass is 10.0.